The minimum absolute atomic E-state index is 0.190. The zero-order valence-corrected chi connectivity index (χ0v) is 13.0. The van der Waals surface area contributed by atoms with Gasteiger partial charge in [-0.25, -0.2) is 4.98 Å². The number of carbonyl (C=O) groups is 1. The van der Waals surface area contributed by atoms with Crippen molar-refractivity contribution in [2.24, 2.45) is 0 Å². The Bertz CT molecular complexity index is 423. The second-order valence-corrected chi connectivity index (χ2v) is 5.30. The van der Waals surface area contributed by atoms with Gasteiger partial charge < -0.3 is 25.4 Å². The highest BCUT2D eigenvalue weighted by Crippen LogP contribution is 2.26. The molecule has 0 fully saturated rings. The maximum atomic E-state index is 11.9. The number of nitrogen functional groups attached to an aromatic ring is 1. The third-order valence-electron chi connectivity index (χ3n) is 2.41. The molecule has 1 heterocycles. The average molecular weight is 302 g/mol. The van der Waals surface area contributed by atoms with Crippen LogP contribution in [0.15, 0.2) is 0 Å². The summed E-state index contributed by atoms with van der Waals surface area (Å²) in [6, 6.07) is 0. The number of nitrogens with two attached hydrogens (primary N) is 1. The van der Waals surface area contributed by atoms with Crippen LogP contribution >= 0.6 is 11.3 Å². The Kier molecular flexibility index (Phi) is 7.27. The zero-order chi connectivity index (χ0) is 15.0. The molecule has 3 N–H and O–H groups in total. The molecule has 0 spiro atoms. The van der Waals surface area contributed by atoms with Gasteiger partial charge >= 0.3 is 0 Å². The number of aromatic nitrogens is 1. The summed E-state index contributed by atoms with van der Waals surface area (Å²) in [5.74, 6) is 0.0811. The van der Waals surface area contributed by atoms with Gasteiger partial charge in [-0.1, -0.05) is 11.3 Å². The van der Waals surface area contributed by atoms with Gasteiger partial charge in [-0.15, -0.1) is 0 Å². The van der Waals surface area contributed by atoms with Gasteiger partial charge in [0.15, 0.2) is 5.13 Å². The van der Waals surface area contributed by atoms with Crippen molar-refractivity contribution < 1.29 is 14.3 Å². The molecule has 0 aliphatic rings. The monoisotopic (exact) mass is 302 g/mol. The van der Waals surface area contributed by atoms with Gasteiger partial charge in [0.2, 0.25) is 0 Å². The highest BCUT2D eigenvalue weighted by Gasteiger charge is 2.16. The third kappa shape index (κ3) is 5.32. The van der Waals surface area contributed by atoms with Crippen molar-refractivity contribution in [1.29, 1.82) is 0 Å². The molecule has 0 aliphatic carbocycles. The smallest absolute Gasteiger partial charge is 0.265 e. The van der Waals surface area contributed by atoms with Crippen LogP contribution < -0.4 is 16.0 Å². The fourth-order valence-corrected chi connectivity index (χ4v) is 2.20. The molecule has 114 valence electrons. The summed E-state index contributed by atoms with van der Waals surface area (Å²) in [6.45, 7) is 2.28. The first-order valence-electron chi connectivity index (χ1n) is 6.34. The Hall–Kier alpha value is -1.38. The van der Waals surface area contributed by atoms with Crippen molar-refractivity contribution >= 4 is 28.2 Å². The fourth-order valence-electron chi connectivity index (χ4n) is 1.37. The van der Waals surface area contributed by atoms with Crippen LogP contribution in [0.2, 0.25) is 0 Å². The number of ether oxygens (including phenoxy) is 2. The number of amides is 1. The van der Waals surface area contributed by atoms with Gasteiger partial charge in [-0.05, 0) is 6.42 Å². The van der Waals surface area contributed by atoms with Gasteiger partial charge in [0.05, 0.1) is 13.2 Å². The van der Waals surface area contributed by atoms with E-state index in [4.69, 9.17) is 15.2 Å². The molecule has 8 heteroatoms. The summed E-state index contributed by atoms with van der Waals surface area (Å²) < 4.78 is 10.2. The summed E-state index contributed by atoms with van der Waals surface area (Å²) >= 11 is 1.28. The number of nitrogens with one attached hydrogen (secondary N) is 1. The zero-order valence-electron chi connectivity index (χ0n) is 12.1. The van der Waals surface area contributed by atoms with E-state index in [1.165, 1.54) is 11.3 Å². The van der Waals surface area contributed by atoms with Crippen molar-refractivity contribution in [3.05, 3.63) is 4.88 Å². The summed E-state index contributed by atoms with van der Waals surface area (Å²) in [5.41, 5.74) is 5.74. The average Bonchev–Trinajstić information content (AvgIpc) is 2.80. The number of methoxy groups -OCH3 is 1. The van der Waals surface area contributed by atoms with Crippen LogP contribution in [0.5, 0.6) is 0 Å². The number of rotatable bonds is 9. The second-order valence-electron chi connectivity index (χ2n) is 4.32. The molecule has 7 nitrogen and oxygen atoms in total. The molecule has 1 amide bonds. The van der Waals surface area contributed by atoms with Crippen LogP contribution in [0.4, 0.5) is 10.9 Å². The molecule has 0 saturated heterocycles. The molecule has 0 bridgehead atoms. The summed E-state index contributed by atoms with van der Waals surface area (Å²) in [5, 5.41) is 3.52. The Balaban J connectivity index is 2.29. The predicted octanol–water partition coefficient (Wildman–Crippen LogP) is 0.574. The number of carbonyl (C=O) groups excluding carboxylic acids is 1. The topological polar surface area (TPSA) is 89.7 Å². The van der Waals surface area contributed by atoms with E-state index >= 15 is 0 Å². The molecule has 0 aromatic carbocycles. The minimum atomic E-state index is -0.190. The van der Waals surface area contributed by atoms with E-state index in [9.17, 15) is 4.79 Å². The lowest BCUT2D eigenvalue weighted by Crippen LogP contribution is -2.25. The number of nitrogens with zero attached hydrogens (tertiary/aromatic N) is 2. The number of thiazole rings is 1. The van der Waals surface area contributed by atoms with Gasteiger partial charge in [0.1, 0.15) is 10.7 Å². The SMILES string of the molecule is COCCOCCCNC(=O)c1sc(N(C)C)nc1N. The second kappa shape index (κ2) is 8.72. The quantitative estimate of drug-likeness (QED) is 0.648. The van der Waals surface area contributed by atoms with Crippen molar-refractivity contribution in [2.75, 3.05) is 58.2 Å². The van der Waals surface area contributed by atoms with Crippen LogP contribution in [-0.4, -0.2) is 58.5 Å². The van der Waals surface area contributed by atoms with E-state index < -0.39 is 0 Å². The van der Waals surface area contributed by atoms with Gasteiger partial charge in [0.25, 0.3) is 5.91 Å². The lowest BCUT2D eigenvalue weighted by Gasteiger charge is -2.06. The molecule has 0 unspecified atom stereocenters. The molecular weight excluding hydrogens is 280 g/mol. The first-order valence-corrected chi connectivity index (χ1v) is 7.16. The Morgan fingerprint density at radius 3 is 2.75 bits per heavy atom. The van der Waals surface area contributed by atoms with Crippen LogP contribution in [0.25, 0.3) is 0 Å². The lowest BCUT2D eigenvalue weighted by molar-refractivity contribution is 0.0688. The molecule has 0 atom stereocenters. The molecule has 0 aliphatic heterocycles. The molecule has 20 heavy (non-hydrogen) atoms. The lowest BCUT2D eigenvalue weighted by atomic mass is 10.4. The largest absolute Gasteiger partial charge is 0.382 e. The van der Waals surface area contributed by atoms with Crippen LogP contribution in [0, 0.1) is 0 Å². The van der Waals surface area contributed by atoms with Crippen LogP contribution in [0.3, 0.4) is 0 Å². The van der Waals surface area contributed by atoms with Gasteiger partial charge in [-0.2, -0.15) is 0 Å². The Labute approximate surface area is 123 Å². The van der Waals surface area contributed by atoms with E-state index in [2.05, 4.69) is 10.3 Å². The molecule has 0 radical (unpaired) electrons. The van der Waals surface area contributed by atoms with E-state index in [0.717, 1.165) is 11.6 Å². The fraction of sp³-hybridized carbons (Fsp3) is 0.667. The predicted molar refractivity (Wildman–Crippen MR) is 80.5 cm³/mol. The minimum Gasteiger partial charge on any atom is -0.382 e. The van der Waals surface area contributed by atoms with Crippen molar-refractivity contribution in [2.45, 2.75) is 6.42 Å². The highest BCUT2D eigenvalue weighted by molar-refractivity contribution is 7.18. The van der Waals surface area contributed by atoms with Crippen molar-refractivity contribution in [1.82, 2.24) is 10.3 Å². The third-order valence-corrected chi connectivity index (χ3v) is 3.65. The summed E-state index contributed by atoms with van der Waals surface area (Å²) in [4.78, 5) is 18.3. The molecule has 1 rings (SSSR count). The van der Waals surface area contributed by atoms with Crippen molar-refractivity contribution in [3.63, 3.8) is 0 Å². The number of hydrogen-bond donors (Lipinski definition) is 2. The van der Waals surface area contributed by atoms with Crippen molar-refractivity contribution in [3.8, 4) is 0 Å². The van der Waals surface area contributed by atoms with Gasteiger partial charge in [0, 0.05) is 34.4 Å². The summed E-state index contributed by atoms with van der Waals surface area (Å²) in [6.07, 6.45) is 0.745. The Morgan fingerprint density at radius 2 is 2.15 bits per heavy atom. The van der Waals surface area contributed by atoms with E-state index in [1.54, 1.807) is 7.11 Å². The normalized spacial score (nSPS) is 10.6. The van der Waals surface area contributed by atoms with Crippen LogP contribution in [-0.2, 0) is 9.47 Å². The van der Waals surface area contributed by atoms with Crippen LogP contribution in [0.1, 0.15) is 16.1 Å². The number of hydrogen-bond acceptors (Lipinski definition) is 7. The Morgan fingerprint density at radius 1 is 1.40 bits per heavy atom. The number of anilines is 2. The molecule has 1 aromatic rings. The first kappa shape index (κ1) is 16.7. The molecule has 1 aromatic heterocycles. The maximum Gasteiger partial charge on any atom is 0.265 e. The molecule has 0 saturated carbocycles. The standard InChI is InChI=1S/C12H22N4O3S/c1-16(2)12-15-10(13)9(20-12)11(17)14-5-4-6-19-8-7-18-3/h4-8,13H2,1-3H3,(H,14,17). The summed E-state index contributed by atoms with van der Waals surface area (Å²) in [7, 11) is 5.35. The maximum absolute atomic E-state index is 11.9. The molecular formula is C12H22N4O3S. The highest BCUT2D eigenvalue weighted by atomic mass is 32.1. The first-order chi connectivity index (χ1) is 9.56. The van der Waals surface area contributed by atoms with E-state index in [1.807, 2.05) is 19.0 Å². The van der Waals surface area contributed by atoms with E-state index in [-0.39, 0.29) is 11.7 Å². The van der Waals surface area contributed by atoms with Gasteiger partial charge in [-0.3, -0.25) is 4.79 Å². The van der Waals surface area contributed by atoms with E-state index in [0.29, 0.717) is 31.2 Å².